The average Bonchev–Trinajstić information content (AvgIpc) is 2.67. The van der Waals surface area contributed by atoms with Gasteiger partial charge < -0.3 is 24.6 Å². The highest BCUT2D eigenvalue weighted by Crippen LogP contribution is 2.10. The van der Waals surface area contributed by atoms with Crippen molar-refractivity contribution in [2.45, 2.75) is 6.10 Å². The van der Waals surface area contributed by atoms with Crippen LogP contribution in [0.4, 0.5) is 0 Å². The van der Waals surface area contributed by atoms with E-state index in [2.05, 4.69) is 5.32 Å². The van der Waals surface area contributed by atoms with Gasteiger partial charge in [-0.25, -0.2) is 0 Å². The van der Waals surface area contributed by atoms with Gasteiger partial charge in [-0.1, -0.05) is 18.2 Å². The standard InChI is InChI=1S/C17H23N3O4/c21-16(13-24-14-4-2-1-3-5-14)19-7-9-20(10-8-19)17(22)15-12-18-6-11-23-15/h1-5,15,18H,6-13H2. The van der Waals surface area contributed by atoms with Crippen molar-refractivity contribution in [1.29, 1.82) is 0 Å². The van der Waals surface area contributed by atoms with Crippen LogP contribution in [0, 0.1) is 0 Å². The molecule has 1 atom stereocenters. The number of nitrogens with one attached hydrogen (secondary N) is 1. The number of morpholine rings is 1. The maximum absolute atomic E-state index is 12.4. The molecule has 2 amide bonds. The van der Waals surface area contributed by atoms with Gasteiger partial charge in [-0.2, -0.15) is 0 Å². The second-order valence-electron chi connectivity index (χ2n) is 5.87. The number of carbonyl (C=O) groups excluding carboxylic acids is 2. The van der Waals surface area contributed by atoms with Gasteiger partial charge in [0.15, 0.2) is 6.61 Å². The first-order chi connectivity index (χ1) is 11.7. The minimum atomic E-state index is -0.401. The van der Waals surface area contributed by atoms with Crippen LogP contribution in [0.5, 0.6) is 5.75 Å². The maximum Gasteiger partial charge on any atom is 0.260 e. The van der Waals surface area contributed by atoms with E-state index in [-0.39, 0.29) is 18.4 Å². The van der Waals surface area contributed by atoms with Gasteiger partial charge in [-0.05, 0) is 12.1 Å². The maximum atomic E-state index is 12.4. The number of hydrogen-bond acceptors (Lipinski definition) is 5. The van der Waals surface area contributed by atoms with Crippen molar-refractivity contribution in [1.82, 2.24) is 15.1 Å². The van der Waals surface area contributed by atoms with E-state index in [4.69, 9.17) is 9.47 Å². The van der Waals surface area contributed by atoms with E-state index in [1.54, 1.807) is 9.80 Å². The largest absolute Gasteiger partial charge is 0.484 e. The summed E-state index contributed by atoms with van der Waals surface area (Å²) in [5, 5.41) is 3.16. The predicted octanol–water partition coefficient (Wildman–Crippen LogP) is -0.275. The number of carbonyl (C=O) groups is 2. The van der Waals surface area contributed by atoms with Crippen LogP contribution in [0.2, 0.25) is 0 Å². The first-order valence-electron chi connectivity index (χ1n) is 8.31. The lowest BCUT2D eigenvalue weighted by Crippen LogP contribution is -2.56. The molecule has 1 N–H and O–H groups in total. The molecule has 3 rings (SSSR count). The number of para-hydroxylation sites is 1. The highest BCUT2D eigenvalue weighted by atomic mass is 16.5. The van der Waals surface area contributed by atoms with E-state index in [0.717, 1.165) is 6.54 Å². The summed E-state index contributed by atoms with van der Waals surface area (Å²) >= 11 is 0. The van der Waals surface area contributed by atoms with E-state index in [9.17, 15) is 9.59 Å². The van der Waals surface area contributed by atoms with Crippen molar-refractivity contribution in [3.05, 3.63) is 30.3 Å². The van der Waals surface area contributed by atoms with Crippen LogP contribution in [0.25, 0.3) is 0 Å². The average molecular weight is 333 g/mol. The highest BCUT2D eigenvalue weighted by molar-refractivity contribution is 5.82. The summed E-state index contributed by atoms with van der Waals surface area (Å²) < 4.78 is 11.0. The Labute approximate surface area is 141 Å². The molecule has 0 aliphatic carbocycles. The summed E-state index contributed by atoms with van der Waals surface area (Å²) in [7, 11) is 0. The Bertz CT molecular complexity index is 552. The zero-order valence-electron chi connectivity index (χ0n) is 13.6. The molecule has 1 unspecified atom stereocenters. The van der Waals surface area contributed by atoms with Gasteiger partial charge in [0.05, 0.1) is 6.61 Å². The van der Waals surface area contributed by atoms with Crippen molar-refractivity contribution in [3.8, 4) is 5.75 Å². The van der Waals surface area contributed by atoms with Crippen LogP contribution >= 0.6 is 0 Å². The molecule has 7 nitrogen and oxygen atoms in total. The zero-order valence-corrected chi connectivity index (χ0v) is 13.6. The molecule has 7 heteroatoms. The van der Waals surface area contributed by atoms with Gasteiger partial charge >= 0.3 is 0 Å². The topological polar surface area (TPSA) is 71.1 Å². The Kier molecular flexibility index (Phi) is 5.66. The lowest BCUT2D eigenvalue weighted by molar-refractivity contribution is -0.149. The number of amides is 2. The Morgan fingerprint density at radius 2 is 1.83 bits per heavy atom. The first kappa shape index (κ1) is 16.7. The molecule has 2 heterocycles. The van der Waals surface area contributed by atoms with Crippen molar-refractivity contribution < 1.29 is 19.1 Å². The van der Waals surface area contributed by atoms with Gasteiger partial charge in [-0.3, -0.25) is 9.59 Å². The van der Waals surface area contributed by atoms with Gasteiger partial charge in [0.1, 0.15) is 11.9 Å². The van der Waals surface area contributed by atoms with Crippen molar-refractivity contribution in [2.24, 2.45) is 0 Å². The second-order valence-corrected chi connectivity index (χ2v) is 5.87. The fourth-order valence-corrected chi connectivity index (χ4v) is 2.86. The number of piperazine rings is 1. The van der Waals surface area contributed by atoms with E-state index >= 15 is 0 Å². The van der Waals surface area contributed by atoms with E-state index in [1.165, 1.54) is 0 Å². The molecule has 0 radical (unpaired) electrons. The van der Waals surface area contributed by atoms with Gasteiger partial charge in [0.25, 0.3) is 11.8 Å². The third kappa shape index (κ3) is 4.24. The molecule has 0 saturated carbocycles. The Morgan fingerprint density at radius 1 is 1.12 bits per heavy atom. The molecule has 130 valence electrons. The molecule has 2 saturated heterocycles. The van der Waals surface area contributed by atoms with Gasteiger partial charge in [-0.15, -0.1) is 0 Å². The summed E-state index contributed by atoms with van der Waals surface area (Å²) in [6.45, 7) is 4.06. The first-order valence-corrected chi connectivity index (χ1v) is 8.31. The van der Waals surface area contributed by atoms with Crippen molar-refractivity contribution in [3.63, 3.8) is 0 Å². The van der Waals surface area contributed by atoms with Crippen molar-refractivity contribution >= 4 is 11.8 Å². The molecule has 0 bridgehead atoms. The number of ether oxygens (including phenoxy) is 2. The lowest BCUT2D eigenvalue weighted by Gasteiger charge is -2.37. The molecule has 0 spiro atoms. The summed E-state index contributed by atoms with van der Waals surface area (Å²) in [5.41, 5.74) is 0. The quantitative estimate of drug-likeness (QED) is 0.821. The predicted molar refractivity (Wildman–Crippen MR) is 87.7 cm³/mol. The minimum absolute atomic E-state index is 0.00911. The molecule has 1 aromatic carbocycles. The van der Waals surface area contributed by atoms with Crippen LogP contribution < -0.4 is 10.1 Å². The molecule has 2 fully saturated rings. The van der Waals surface area contributed by atoms with Gasteiger partial charge in [0.2, 0.25) is 0 Å². The SMILES string of the molecule is O=C(COc1ccccc1)N1CCN(C(=O)C2CNCCO2)CC1. The van der Waals surface area contributed by atoms with Crippen LogP contribution in [-0.2, 0) is 14.3 Å². The Hall–Kier alpha value is -2.12. The molecule has 0 aromatic heterocycles. The minimum Gasteiger partial charge on any atom is -0.484 e. The molecule has 2 aliphatic rings. The Morgan fingerprint density at radius 3 is 2.50 bits per heavy atom. The highest BCUT2D eigenvalue weighted by Gasteiger charge is 2.30. The van der Waals surface area contributed by atoms with E-state index in [1.807, 2.05) is 30.3 Å². The number of hydrogen-bond donors (Lipinski definition) is 1. The number of nitrogens with zero attached hydrogens (tertiary/aromatic N) is 2. The lowest BCUT2D eigenvalue weighted by atomic mass is 10.2. The smallest absolute Gasteiger partial charge is 0.260 e. The summed E-state index contributed by atoms with van der Waals surface area (Å²) in [5.74, 6) is 0.637. The molecular formula is C17H23N3O4. The fourth-order valence-electron chi connectivity index (χ4n) is 2.86. The van der Waals surface area contributed by atoms with Crippen LogP contribution in [0.1, 0.15) is 0 Å². The third-order valence-corrected chi connectivity index (χ3v) is 4.25. The molecule has 1 aromatic rings. The van der Waals surface area contributed by atoms with Crippen molar-refractivity contribution in [2.75, 3.05) is 52.5 Å². The number of benzene rings is 1. The summed E-state index contributed by atoms with van der Waals surface area (Å²) in [6.07, 6.45) is -0.401. The molecule has 2 aliphatic heterocycles. The normalized spacial score (nSPS) is 21.4. The van der Waals surface area contributed by atoms with Gasteiger partial charge in [0, 0.05) is 39.3 Å². The third-order valence-electron chi connectivity index (χ3n) is 4.25. The summed E-state index contributed by atoms with van der Waals surface area (Å²) in [4.78, 5) is 28.1. The van der Waals surface area contributed by atoms with E-state index in [0.29, 0.717) is 45.1 Å². The van der Waals surface area contributed by atoms with Crippen LogP contribution in [0.3, 0.4) is 0 Å². The fraction of sp³-hybridized carbons (Fsp3) is 0.529. The molecular weight excluding hydrogens is 310 g/mol. The van der Waals surface area contributed by atoms with Crippen LogP contribution in [-0.4, -0.2) is 80.2 Å². The number of rotatable bonds is 4. The molecule has 24 heavy (non-hydrogen) atoms. The Balaban J connectivity index is 1.42. The zero-order chi connectivity index (χ0) is 16.8. The second kappa shape index (κ2) is 8.12. The summed E-state index contributed by atoms with van der Waals surface area (Å²) in [6, 6.07) is 9.28. The van der Waals surface area contributed by atoms with E-state index < -0.39 is 6.10 Å². The monoisotopic (exact) mass is 333 g/mol. The van der Waals surface area contributed by atoms with Crippen LogP contribution in [0.15, 0.2) is 30.3 Å².